The first-order valence-electron chi connectivity index (χ1n) is 7.14. The van der Waals surface area contributed by atoms with Gasteiger partial charge in [0, 0.05) is 10.7 Å². The van der Waals surface area contributed by atoms with Crippen LogP contribution in [0.1, 0.15) is 0 Å². The molecule has 6 nitrogen and oxygen atoms in total. The molecule has 0 radical (unpaired) electrons. The lowest BCUT2D eigenvalue weighted by Gasteiger charge is -2.34. The molecule has 0 spiro atoms. The van der Waals surface area contributed by atoms with Crippen molar-refractivity contribution in [2.75, 3.05) is 22.4 Å². The summed E-state index contributed by atoms with van der Waals surface area (Å²) >= 11 is 5.94. The minimum atomic E-state index is -3.58. The first kappa shape index (κ1) is 16.6. The fraction of sp³-hybridized carbons (Fsp3) is 0.188. The Hall–Kier alpha value is -2.25. The van der Waals surface area contributed by atoms with Crippen LogP contribution in [0.4, 0.5) is 11.4 Å². The predicted molar refractivity (Wildman–Crippen MR) is 93.1 cm³/mol. The van der Waals surface area contributed by atoms with Gasteiger partial charge in [-0.3, -0.25) is 9.10 Å². The average Bonchev–Trinajstić information content (AvgIpc) is 2.53. The predicted octanol–water partition coefficient (Wildman–Crippen LogP) is 2.51. The van der Waals surface area contributed by atoms with Gasteiger partial charge >= 0.3 is 0 Å². The Balaban J connectivity index is 1.89. The van der Waals surface area contributed by atoms with Gasteiger partial charge in [0.05, 0.1) is 18.5 Å². The summed E-state index contributed by atoms with van der Waals surface area (Å²) in [6.07, 6.45) is 0.114. The van der Waals surface area contributed by atoms with Crippen LogP contribution in [-0.4, -0.2) is 33.2 Å². The van der Waals surface area contributed by atoms with E-state index < -0.39 is 22.0 Å². The second-order valence-electron chi connectivity index (χ2n) is 5.37. The number of rotatable bonds is 3. The molecule has 0 fully saturated rings. The summed E-state index contributed by atoms with van der Waals surface area (Å²) in [6.45, 7) is -0.120. The number of hydrogen-bond acceptors (Lipinski definition) is 4. The number of benzene rings is 2. The molecule has 126 valence electrons. The van der Waals surface area contributed by atoms with Crippen molar-refractivity contribution in [2.24, 2.45) is 0 Å². The molecule has 1 heterocycles. The van der Waals surface area contributed by atoms with Crippen molar-refractivity contribution in [1.29, 1.82) is 0 Å². The van der Waals surface area contributed by atoms with E-state index in [0.29, 0.717) is 22.1 Å². The second kappa shape index (κ2) is 6.33. The number of carbonyl (C=O) groups excluding carboxylic acids is 1. The molecule has 0 aliphatic carbocycles. The highest BCUT2D eigenvalue weighted by atomic mass is 35.5. The Morgan fingerprint density at radius 1 is 1.25 bits per heavy atom. The lowest BCUT2D eigenvalue weighted by atomic mass is 10.2. The fourth-order valence-electron chi connectivity index (χ4n) is 2.42. The third-order valence-corrected chi connectivity index (χ3v) is 4.91. The van der Waals surface area contributed by atoms with Gasteiger partial charge in [0.1, 0.15) is 5.75 Å². The van der Waals surface area contributed by atoms with Gasteiger partial charge < -0.3 is 10.1 Å². The highest BCUT2D eigenvalue weighted by Gasteiger charge is 2.35. The van der Waals surface area contributed by atoms with Crippen LogP contribution in [-0.2, 0) is 14.8 Å². The minimum Gasteiger partial charge on any atom is -0.476 e. The van der Waals surface area contributed by atoms with Crippen LogP contribution in [0.15, 0.2) is 48.5 Å². The summed E-state index contributed by atoms with van der Waals surface area (Å²) in [5.74, 6) is -0.125. The largest absolute Gasteiger partial charge is 0.476 e. The molecule has 1 amide bonds. The first-order chi connectivity index (χ1) is 11.3. The SMILES string of the molecule is CS(=O)(=O)N1C[C@@H](C(=O)Nc2ccccc2)Oc2ccc(Cl)cc21. The van der Waals surface area contributed by atoms with E-state index in [1.54, 1.807) is 36.4 Å². The first-order valence-corrected chi connectivity index (χ1v) is 9.37. The molecule has 2 aromatic rings. The summed E-state index contributed by atoms with van der Waals surface area (Å²) in [6, 6.07) is 13.5. The van der Waals surface area contributed by atoms with Gasteiger partial charge in [-0.1, -0.05) is 29.8 Å². The number of hydrogen-bond donors (Lipinski definition) is 1. The van der Waals surface area contributed by atoms with E-state index >= 15 is 0 Å². The molecule has 0 bridgehead atoms. The van der Waals surface area contributed by atoms with E-state index in [9.17, 15) is 13.2 Å². The Labute approximate surface area is 145 Å². The summed E-state index contributed by atoms with van der Waals surface area (Å²) in [7, 11) is -3.58. The standard InChI is InChI=1S/C16H15ClN2O4S/c1-24(21,22)19-10-15(16(20)18-12-5-3-2-4-6-12)23-14-8-7-11(17)9-13(14)19/h2-9,15H,10H2,1H3,(H,18,20)/t15-/m0/s1. The minimum absolute atomic E-state index is 0.120. The molecule has 1 aliphatic heterocycles. The maximum atomic E-state index is 12.4. The van der Waals surface area contributed by atoms with Gasteiger partial charge in [-0.25, -0.2) is 8.42 Å². The maximum absolute atomic E-state index is 12.4. The number of halogens is 1. The molecule has 1 N–H and O–H groups in total. The molecule has 0 saturated heterocycles. The van der Waals surface area contributed by atoms with E-state index in [2.05, 4.69) is 5.32 Å². The van der Waals surface area contributed by atoms with Crippen LogP contribution < -0.4 is 14.4 Å². The molecule has 8 heteroatoms. The maximum Gasteiger partial charge on any atom is 0.267 e. The lowest BCUT2D eigenvalue weighted by Crippen LogP contribution is -2.48. The Bertz CT molecular complexity index is 871. The second-order valence-corrected chi connectivity index (χ2v) is 7.71. The topological polar surface area (TPSA) is 75.7 Å². The van der Waals surface area contributed by atoms with Gasteiger partial charge in [-0.15, -0.1) is 0 Å². The van der Waals surface area contributed by atoms with Crippen molar-refractivity contribution in [3.63, 3.8) is 0 Å². The quantitative estimate of drug-likeness (QED) is 0.905. The van der Waals surface area contributed by atoms with Crippen molar-refractivity contribution in [3.8, 4) is 5.75 Å². The molecule has 0 saturated carbocycles. The summed E-state index contributed by atoms with van der Waals surface area (Å²) in [5.41, 5.74) is 0.938. The number of ether oxygens (including phenoxy) is 1. The van der Waals surface area contributed by atoms with Gasteiger partial charge in [0.2, 0.25) is 10.0 Å². The molecule has 3 rings (SSSR count). The number of fused-ring (bicyclic) bond motifs is 1. The van der Waals surface area contributed by atoms with E-state index in [1.165, 1.54) is 6.07 Å². The normalized spacial score (nSPS) is 16.9. The molecule has 24 heavy (non-hydrogen) atoms. The van der Waals surface area contributed by atoms with Gasteiger partial charge in [-0.2, -0.15) is 0 Å². The molecule has 2 aromatic carbocycles. The molecular formula is C16H15ClN2O4S. The number of amides is 1. The van der Waals surface area contributed by atoms with Crippen molar-refractivity contribution < 1.29 is 17.9 Å². The van der Waals surface area contributed by atoms with Crippen LogP contribution in [0.2, 0.25) is 5.02 Å². The van der Waals surface area contributed by atoms with Gasteiger partial charge in [-0.05, 0) is 30.3 Å². The molecule has 1 aliphatic rings. The Morgan fingerprint density at radius 2 is 1.96 bits per heavy atom. The smallest absolute Gasteiger partial charge is 0.267 e. The summed E-state index contributed by atoms with van der Waals surface area (Å²) < 4.78 is 31.0. The van der Waals surface area contributed by atoms with Crippen LogP contribution in [0, 0.1) is 0 Å². The van der Waals surface area contributed by atoms with E-state index in [1.807, 2.05) is 6.07 Å². The molecule has 0 unspecified atom stereocenters. The Morgan fingerprint density at radius 3 is 2.62 bits per heavy atom. The number of sulfonamides is 1. The monoisotopic (exact) mass is 366 g/mol. The van der Waals surface area contributed by atoms with Crippen LogP contribution in [0.3, 0.4) is 0 Å². The zero-order valence-electron chi connectivity index (χ0n) is 12.8. The lowest BCUT2D eigenvalue weighted by molar-refractivity contribution is -0.122. The van der Waals surface area contributed by atoms with Crippen molar-refractivity contribution in [2.45, 2.75) is 6.10 Å². The van der Waals surface area contributed by atoms with Crippen LogP contribution in [0.5, 0.6) is 5.75 Å². The van der Waals surface area contributed by atoms with Crippen LogP contribution >= 0.6 is 11.6 Å². The van der Waals surface area contributed by atoms with Crippen molar-refractivity contribution in [3.05, 3.63) is 53.6 Å². The number of para-hydroxylation sites is 1. The highest BCUT2D eigenvalue weighted by Crippen LogP contribution is 2.37. The number of nitrogens with one attached hydrogen (secondary N) is 1. The van der Waals surface area contributed by atoms with Gasteiger partial charge in [0.15, 0.2) is 6.10 Å². The highest BCUT2D eigenvalue weighted by molar-refractivity contribution is 7.92. The van der Waals surface area contributed by atoms with Crippen molar-refractivity contribution in [1.82, 2.24) is 0 Å². The number of nitrogens with zero attached hydrogens (tertiary/aromatic N) is 1. The zero-order valence-corrected chi connectivity index (χ0v) is 14.3. The molecule has 1 atom stereocenters. The summed E-state index contributed by atoms with van der Waals surface area (Å²) in [4.78, 5) is 12.4. The van der Waals surface area contributed by atoms with E-state index in [-0.39, 0.29) is 6.54 Å². The Kier molecular flexibility index (Phi) is 4.38. The van der Waals surface area contributed by atoms with Gasteiger partial charge in [0.25, 0.3) is 5.91 Å². The third-order valence-electron chi connectivity index (χ3n) is 3.52. The zero-order chi connectivity index (χ0) is 17.3. The van der Waals surface area contributed by atoms with Crippen molar-refractivity contribution >= 4 is 38.9 Å². The fourth-order valence-corrected chi connectivity index (χ4v) is 3.49. The van der Waals surface area contributed by atoms with E-state index in [0.717, 1.165) is 10.6 Å². The number of anilines is 2. The molecule has 0 aromatic heterocycles. The molecular weight excluding hydrogens is 352 g/mol. The van der Waals surface area contributed by atoms with Crippen LogP contribution in [0.25, 0.3) is 0 Å². The third kappa shape index (κ3) is 3.47. The van der Waals surface area contributed by atoms with E-state index in [4.69, 9.17) is 16.3 Å². The summed E-state index contributed by atoms with van der Waals surface area (Å²) in [5, 5.41) is 3.10. The number of carbonyl (C=O) groups is 1. The average molecular weight is 367 g/mol.